The van der Waals surface area contributed by atoms with Gasteiger partial charge in [0.05, 0.1) is 5.56 Å². The molecule has 1 heterocycles. The maximum Gasteiger partial charge on any atom is 0.195 e. The second-order valence-corrected chi connectivity index (χ2v) is 6.48. The number of halogens is 1. The fourth-order valence-corrected chi connectivity index (χ4v) is 3.49. The molecule has 0 aliphatic rings. The number of benzene rings is 2. The van der Waals surface area contributed by atoms with Crippen LogP contribution in [-0.2, 0) is 0 Å². The lowest BCUT2D eigenvalue weighted by molar-refractivity contribution is 0.103. The lowest BCUT2D eigenvalue weighted by Crippen LogP contribution is -2.10. The van der Waals surface area contributed by atoms with Gasteiger partial charge in [-0.25, -0.2) is 0 Å². The van der Waals surface area contributed by atoms with Crippen LogP contribution in [0.2, 0.25) is 5.02 Å². The van der Waals surface area contributed by atoms with Gasteiger partial charge in [0.25, 0.3) is 0 Å². The van der Waals surface area contributed by atoms with Crippen LogP contribution in [0.5, 0.6) is 0 Å². The van der Waals surface area contributed by atoms with E-state index in [2.05, 4.69) is 4.57 Å². The van der Waals surface area contributed by atoms with Crippen LogP contribution in [0.4, 0.5) is 0 Å². The molecular formula is C20H20ClNO2. The fourth-order valence-electron chi connectivity index (χ4n) is 3.32. The van der Waals surface area contributed by atoms with E-state index in [9.17, 15) is 9.90 Å². The molecule has 0 aliphatic heterocycles. The van der Waals surface area contributed by atoms with E-state index in [0.29, 0.717) is 22.6 Å². The van der Waals surface area contributed by atoms with Crippen molar-refractivity contribution in [3.05, 3.63) is 70.4 Å². The Bertz CT molecular complexity index is 884. The normalized spacial score (nSPS) is 12.5. The molecule has 0 fully saturated rings. The highest BCUT2D eigenvalue weighted by atomic mass is 35.5. The zero-order valence-electron chi connectivity index (χ0n) is 13.8. The van der Waals surface area contributed by atoms with E-state index in [4.69, 9.17) is 11.6 Å². The summed E-state index contributed by atoms with van der Waals surface area (Å²) in [4.78, 5) is 13.1. The number of carbonyl (C=O) groups excluding carboxylic acids is 1. The van der Waals surface area contributed by atoms with Crippen LogP contribution in [0.3, 0.4) is 0 Å². The molecule has 0 aliphatic carbocycles. The molecule has 3 rings (SSSR count). The third kappa shape index (κ3) is 2.85. The number of aliphatic hydroxyl groups excluding tert-OH is 1. The number of fused-ring (bicyclic) bond motifs is 1. The average Bonchev–Trinajstić information content (AvgIpc) is 2.86. The number of ketones is 1. The lowest BCUT2D eigenvalue weighted by Gasteiger charge is -2.16. The molecule has 0 saturated carbocycles. The van der Waals surface area contributed by atoms with Crippen LogP contribution in [0.25, 0.3) is 10.9 Å². The van der Waals surface area contributed by atoms with E-state index in [0.717, 1.165) is 16.6 Å². The largest absolute Gasteiger partial charge is 0.396 e. The summed E-state index contributed by atoms with van der Waals surface area (Å²) in [6.07, 6.45) is 0.631. The quantitative estimate of drug-likeness (QED) is 0.679. The van der Waals surface area contributed by atoms with Crippen LogP contribution >= 0.6 is 11.6 Å². The second kappa shape index (κ2) is 6.80. The van der Waals surface area contributed by atoms with Gasteiger partial charge >= 0.3 is 0 Å². The molecule has 1 N–H and O–H groups in total. The average molecular weight is 342 g/mol. The Morgan fingerprint density at radius 3 is 2.58 bits per heavy atom. The van der Waals surface area contributed by atoms with Crippen LogP contribution in [0.1, 0.15) is 41.0 Å². The first-order valence-electron chi connectivity index (χ1n) is 8.05. The minimum absolute atomic E-state index is 0.00434. The maximum absolute atomic E-state index is 13.1. The van der Waals surface area contributed by atoms with Gasteiger partial charge in [-0.05, 0) is 38.5 Å². The summed E-state index contributed by atoms with van der Waals surface area (Å²) >= 11 is 6.18. The number of aliphatic hydroxyl groups is 1. The van der Waals surface area contributed by atoms with E-state index < -0.39 is 0 Å². The molecule has 4 heteroatoms. The number of rotatable bonds is 5. The minimum atomic E-state index is -0.00434. The first-order valence-corrected chi connectivity index (χ1v) is 8.43. The summed E-state index contributed by atoms with van der Waals surface area (Å²) < 4.78 is 2.12. The van der Waals surface area contributed by atoms with E-state index in [1.807, 2.05) is 62.4 Å². The first-order chi connectivity index (χ1) is 11.5. The smallest absolute Gasteiger partial charge is 0.195 e. The first kappa shape index (κ1) is 16.7. The predicted octanol–water partition coefficient (Wildman–Crippen LogP) is 4.78. The van der Waals surface area contributed by atoms with Gasteiger partial charge in [-0.3, -0.25) is 4.79 Å². The maximum atomic E-state index is 13.1. The Hall–Kier alpha value is -2.10. The fraction of sp³-hybridized carbons (Fsp3) is 0.250. The van der Waals surface area contributed by atoms with E-state index in [1.54, 1.807) is 0 Å². The number of aromatic nitrogens is 1. The van der Waals surface area contributed by atoms with Crippen molar-refractivity contribution >= 4 is 28.3 Å². The standard InChI is InChI=1S/C20H20ClNO2/c1-13(10-11-23)22-14(2)19(17-12-16(21)8-9-18(17)22)20(24)15-6-4-3-5-7-15/h3-9,12-13,23H,10-11H2,1-2H3. The predicted molar refractivity (Wildman–Crippen MR) is 98.0 cm³/mol. The number of nitrogens with zero attached hydrogens (tertiary/aromatic N) is 1. The highest BCUT2D eigenvalue weighted by Crippen LogP contribution is 2.33. The highest BCUT2D eigenvalue weighted by molar-refractivity contribution is 6.31. The van der Waals surface area contributed by atoms with E-state index >= 15 is 0 Å². The Labute approximate surface area is 146 Å². The van der Waals surface area contributed by atoms with Crippen LogP contribution in [0.15, 0.2) is 48.5 Å². The van der Waals surface area contributed by atoms with Gasteiger partial charge in [-0.1, -0.05) is 41.9 Å². The molecule has 24 heavy (non-hydrogen) atoms. The Balaban J connectivity index is 2.25. The Morgan fingerprint density at radius 1 is 1.21 bits per heavy atom. The minimum Gasteiger partial charge on any atom is -0.396 e. The van der Waals surface area contributed by atoms with Gasteiger partial charge in [-0.15, -0.1) is 0 Å². The molecule has 0 saturated heterocycles. The highest BCUT2D eigenvalue weighted by Gasteiger charge is 2.23. The van der Waals surface area contributed by atoms with Gasteiger partial charge < -0.3 is 9.67 Å². The van der Waals surface area contributed by atoms with Gasteiger partial charge in [0.1, 0.15) is 0 Å². The van der Waals surface area contributed by atoms with Crippen molar-refractivity contribution in [2.75, 3.05) is 6.61 Å². The molecule has 1 atom stereocenters. The lowest BCUT2D eigenvalue weighted by atomic mass is 10.0. The molecule has 3 aromatic rings. The zero-order chi connectivity index (χ0) is 17.3. The summed E-state index contributed by atoms with van der Waals surface area (Å²) in [7, 11) is 0. The van der Waals surface area contributed by atoms with Crippen molar-refractivity contribution in [1.82, 2.24) is 4.57 Å². The van der Waals surface area contributed by atoms with Gasteiger partial charge in [0.15, 0.2) is 5.78 Å². The summed E-state index contributed by atoms with van der Waals surface area (Å²) in [6.45, 7) is 4.11. The molecule has 0 amide bonds. The number of hydrogen-bond acceptors (Lipinski definition) is 2. The monoisotopic (exact) mass is 341 g/mol. The molecule has 1 unspecified atom stereocenters. The molecule has 0 radical (unpaired) electrons. The number of carbonyl (C=O) groups is 1. The van der Waals surface area contributed by atoms with Crippen molar-refractivity contribution in [1.29, 1.82) is 0 Å². The summed E-state index contributed by atoms with van der Waals surface area (Å²) in [5.41, 5.74) is 3.22. The van der Waals surface area contributed by atoms with Gasteiger partial charge in [-0.2, -0.15) is 0 Å². The van der Waals surface area contributed by atoms with Crippen LogP contribution < -0.4 is 0 Å². The molecular weight excluding hydrogens is 322 g/mol. The Kier molecular flexibility index (Phi) is 4.74. The van der Waals surface area contributed by atoms with Gasteiger partial charge in [0.2, 0.25) is 0 Å². The van der Waals surface area contributed by atoms with Crippen molar-refractivity contribution in [2.45, 2.75) is 26.3 Å². The Morgan fingerprint density at radius 2 is 1.92 bits per heavy atom. The third-order valence-electron chi connectivity index (χ3n) is 4.46. The van der Waals surface area contributed by atoms with Crippen molar-refractivity contribution in [3.8, 4) is 0 Å². The zero-order valence-corrected chi connectivity index (χ0v) is 14.5. The molecule has 0 spiro atoms. The van der Waals surface area contributed by atoms with Gasteiger partial charge in [0, 0.05) is 39.8 Å². The van der Waals surface area contributed by atoms with Crippen LogP contribution in [0, 0.1) is 6.92 Å². The van der Waals surface area contributed by atoms with E-state index in [1.165, 1.54) is 0 Å². The van der Waals surface area contributed by atoms with Crippen molar-refractivity contribution < 1.29 is 9.90 Å². The summed E-state index contributed by atoms with van der Waals surface area (Å²) in [5, 5.41) is 10.8. The summed E-state index contributed by atoms with van der Waals surface area (Å²) in [5.74, 6) is -0.00434. The number of hydrogen-bond donors (Lipinski definition) is 1. The topological polar surface area (TPSA) is 42.2 Å². The van der Waals surface area contributed by atoms with Crippen LogP contribution in [-0.4, -0.2) is 22.1 Å². The summed E-state index contributed by atoms with van der Waals surface area (Å²) in [6, 6.07) is 15.0. The molecule has 1 aromatic heterocycles. The molecule has 0 bridgehead atoms. The molecule has 124 valence electrons. The van der Waals surface area contributed by atoms with Crippen molar-refractivity contribution in [2.24, 2.45) is 0 Å². The SMILES string of the molecule is Cc1c(C(=O)c2ccccc2)c2cc(Cl)ccc2n1C(C)CCO. The third-order valence-corrected chi connectivity index (χ3v) is 4.70. The van der Waals surface area contributed by atoms with E-state index in [-0.39, 0.29) is 18.4 Å². The second-order valence-electron chi connectivity index (χ2n) is 6.05. The molecule has 3 nitrogen and oxygen atoms in total. The molecule has 2 aromatic carbocycles. The van der Waals surface area contributed by atoms with Crippen molar-refractivity contribution in [3.63, 3.8) is 0 Å².